The van der Waals surface area contributed by atoms with Gasteiger partial charge in [0.1, 0.15) is 0 Å². The monoisotopic (exact) mass is 542 g/mol. The van der Waals surface area contributed by atoms with Crippen LogP contribution in [0, 0.1) is 5.82 Å². The Bertz CT molecular complexity index is 1310. The maximum absolute atomic E-state index is 14.3. The number of anilines is 2. The number of likely N-dealkylation sites (tertiary alicyclic amines) is 1. The number of methoxy groups -OCH3 is 1. The molecule has 1 aromatic heterocycles. The van der Waals surface area contributed by atoms with Gasteiger partial charge in [0.15, 0.2) is 11.6 Å². The third kappa shape index (κ3) is 7.04. The standard InChI is InChI=1S/C27H35FN6O3S/c1-32(2)15-6-18-34(27-29-14-13-25(31-27)21-7-12-26(37-3)24(28)19-21)22-8-10-23(11-9-22)38(35,36)30-20-33-16-4-5-17-33/h7-14,19,30H,4-6,15-18,20H2,1-3H3. The molecule has 11 heteroatoms. The first-order valence-corrected chi connectivity index (χ1v) is 14.2. The van der Waals surface area contributed by atoms with Crippen molar-refractivity contribution in [1.82, 2.24) is 24.5 Å². The third-order valence-electron chi connectivity index (χ3n) is 6.45. The molecule has 9 nitrogen and oxygen atoms in total. The summed E-state index contributed by atoms with van der Waals surface area (Å²) in [5, 5.41) is 0. The van der Waals surface area contributed by atoms with E-state index in [1.54, 1.807) is 48.7 Å². The molecule has 0 bridgehead atoms. The summed E-state index contributed by atoms with van der Waals surface area (Å²) in [6.45, 7) is 3.59. The molecule has 4 rings (SSSR count). The van der Waals surface area contributed by atoms with Crippen molar-refractivity contribution in [2.45, 2.75) is 24.2 Å². The molecule has 0 unspecified atom stereocenters. The summed E-state index contributed by atoms with van der Waals surface area (Å²) in [6.07, 6.45) is 4.66. The molecule has 1 saturated heterocycles. The zero-order valence-electron chi connectivity index (χ0n) is 22.1. The Morgan fingerprint density at radius 3 is 2.45 bits per heavy atom. The molecule has 0 saturated carbocycles. The second-order valence-electron chi connectivity index (χ2n) is 9.52. The van der Waals surface area contributed by atoms with E-state index in [0.29, 0.717) is 30.4 Å². The SMILES string of the molecule is COc1ccc(-c2ccnc(N(CCCN(C)C)c3ccc(S(=O)(=O)NCN4CCCC4)cc3)n2)cc1F. The molecule has 204 valence electrons. The predicted octanol–water partition coefficient (Wildman–Crippen LogP) is 3.71. The number of ether oxygens (including phenoxy) is 1. The van der Waals surface area contributed by atoms with E-state index < -0.39 is 15.8 Å². The van der Waals surface area contributed by atoms with Crippen LogP contribution in [0.2, 0.25) is 0 Å². The van der Waals surface area contributed by atoms with E-state index in [4.69, 9.17) is 9.72 Å². The average molecular weight is 543 g/mol. The molecule has 1 aliphatic heterocycles. The Morgan fingerprint density at radius 2 is 1.79 bits per heavy atom. The van der Waals surface area contributed by atoms with Crippen molar-refractivity contribution in [3.8, 4) is 17.0 Å². The van der Waals surface area contributed by atoms with Crippen LogP contribution in [0.25, 0.3) is 11.3 Å². The van der Waals surface area contributed by atoms with Gasteiger partial charge in [0, 0.05) is 24.0 Å². The Labute approximate surface area is 224 Å². The molecule has 2 aromatic carbocycles. The topological polar surface area (TPSA) is 90.9 Å². The zero-order chi connectivity index (χ0) is 27.1. The summed E-state index contributed by atoms with van der Waals surface area (Å²) >= 11 is 0. The lowest BCUT2D eigenvalue weighted by Gasteiger charge is -2.24. The van der Waals surface area contributed by atoms with Gasteiger partial charge in [-0.05, 0) is 102 Å². The van der Waals surface area contributed by atoms with Gasteiger partial charge >= 0.3 is 0 Å². The fraction of sp³-hybridized carbons (Fsp3) is 0.407. The van der Waals surface area contributed by atoms with Crippen molar-refractivity contribution >= 4 is 21.7 Å². The Hall–Kier alpha value is -3.12. The highest BCUT2D eigenvalue weighted by atomic mass is 32.2. The highest BCUT2D eigenvalue weighted by Crippen LogP contribution is 2.28. The van der Waals surface area contributed by atoms with E-state index in [2.05, 4.69) is 19.5 Å². The number of nitrogens with zero attached hydrogens (tertiary/aromatic N) is 5. The molecule has 3 aromatic rings. The van der Waals surface area contributed by atoms with Crippen LogP contribution in [0.15, 0.2) is 59.6 Å². The molecule has 0 amide bonds. The van der Waals surface area contributed by atoms with Gasteiger partial charge in [0.05, 0.1) is 24.4 Å². The summed E-state index contributed by atoms with van der Waals surface area (Å²) < 4.78 is 47.7. The maximum Gasteiger partial charge on any atom is 0.241 e. The second-order valence-corrected chi connectivity index (χ2v) is 11.3. The van der Waals surface area contributed by atoms with Gasteiger partial charge in [-0.3, -0.25) is 4.90 Å². The third-order valence-corrected chi connectivity index (χ3v) is 7.86. The number of rotatable bonds is 12. The molecule has 0 spiro atoms. The highest BCUT2D eigenvalue weighted by Gasteiger charge is 2.19. The van der Waals surface area contributed by atoms with Crippen LogP contribution in [0.4, 0.5) is 16.0 Å². The van der Waals surface area contributed by atoms with Crippen LogP contribution in [-0.4, -0.2) is 82.2 Å². The average Bonchev–Trinajstić information content (AvgIpc) is 3.44. The number of aromatic nitrogens is 2. The van der Waals surface area contributed by atoms with Crippen molar-refractivity contribution in [3.63, 3.8) is 0 Å². The van der Waals surface area contributed by atoms with Crippen LogP contribution in [-0.2, 0) is 10.0 Å². The van der Waals surface area contributed by atoms with E-state index in [-0.39, 0.29) is 10.6 Å². The van der Waals surface area contributed by atoms with E-state index in [1.165, 1.54) is 13.2 Å². The molecule has 38 heavy (non-hydrogen) atoms. The molecule has 1 N–H and O–H groups in total. The molecule has 0 atom stereocenters. The molecule has 2 heterocycles. The molecular weight excluding hydrogens is 507 g/mol. The van der Waals surface area contributed by atoms with Gasteiger partial charge in [-0.2, -0.15) is 4.72 Å². The maximum atomic E-state index is 14.3. The minimum Gasteiger partial charge on any atom is -0.494 e. The summed E-state index contributed by atoms with van der Waals surface area (Å²) in [5.74, 6) is 0.140. The van der Waals surface area contributed by atoms with Gasteiger partial charge < -0.3 is 14.5 Å². The van der Waals surface area contributed by atoms with Crippen LogP contribution >= 0.6 is 0 Å². The lowest BCUT2D eigenvalue weighted by molar-refractivity contribution is 0.334. The minimum absolute atomic E-state index is 0.165. The number of hydrogen-bond acceptors (Lipinski definition) is 8. The smallest absolute Gasteiger partial charge is 0.241 e. The Morgan fingerprint density at radius 1 is 1.05 bits per heavy atom. The van der Waals surface area contributed by atoms with Gasteiger partial charge in [-0.25, -0.2) is 22.8 Å². The number of sulfonamides is 1. The quantitative estimate of drug-likeness (QED) is 0.371. The molecule has 0 radical (unpaired) electrons. The highest BCUT2D eigenvalue weighted by molar-refractivity contribution is 7.89. The molecule has 1 fully saturated rings. The van der Waals surface area contributed by atoms with Crippen LogP contribution in [0.3, 0.4) is 0 Å². The van der Waals surface area contributed by atoms with Crippen molar-refractivity contribution < 1.29 is 17.5 Å². The van der Waals surface area contributed by atoms with Crippen LogP contribution in [0.5, 0.6) is 5.75 Å². The largest absolute Gasteiger partial charge is 0.494 e. The number of benzene rings is 2. The van der Waals surface area contributed by atoms with Crippen molar-refractivity contribution in [1.29, 1.82) is 0 Å². The summed E-state index contributed by atoms with van der Waals surface area (Å²) in [5.41, 5.74) is 1.94. The predicted molar refractivity (Wildman–Crippen MR) is 147 cm³/mol. The molecule has 0 aliphatic carbocycles. The van der Waals surface area contributed by atoms with Crippen molar-refractivity contribution in [2.24, 2.45) is 0 Å². The van der Waals surface area contributed by atoms with E-state index >= 15 is 0 Å². The van der Waals surface area contributed by atoms with E-state index in [1.807, 2.05) is 19.0 Å². The van der Waals surface area contributed by atoms with Gasteiger partial charge in [0.2, 0.25) is 16.0 Å². The first-order chi connectivity index (χ1) is 18.3. The first-order valence-electron chi connectivity index (χ1n) is 12.7. The van der Waals surface area contributed by atoms with Gasteiger partial charge in [0.25, 0.3) is 0 Å². The fourth-order valence-electron chi connectivity index (χ4n) is 4.36. The summed E-state index contributed by atoms with van der Waals surface area (Å²) in [6, 6.07) is 13.2. The van der Waals surface area contributed by atoms with Gasteiger partial charge in [-0.15, -0.1) is 0 Å². The van der Waals surface area contributed by atoms with Crippen LogP contribution in [0.1, 0.15) is 19.3 Å². The Kier molecular flexibility index (Phi) is 9.26. The van der Waals surface area contributed by atoms with Crippen molar-refractivity contribution in [3.05, 3.63) is 60.5 Å². The van der Waals surface area contributed by atoms with Gasteiger partial charge in [-0.1, -0.05) is 0 Å². The molecule has 1 aliphatic rings. The minimum atomic E-state index is -3.63. The second kappa shape index (κ2) is 12.6. The van der Waals surface area contributed by atoms with E-state index in [9.17, 15) is 12.8 Å². The number of nitrogens with one attached hydrogen (secondary N) is 1. The number of hydrogen-bond donors (Lipinski definition) is 1. The normalized spacial score (nSPS) is 14.2. The van der Waals surface area contributed by atoms with Crippen LogP contribution < -0.4 is 14.4 Å². The van der Waals surface area contributed by atoms with Crippen molar-refractivity contribution in [2.75, 3.05) is 59.0 Å². The summed E-state index contributed by atoms with van der Waals surface area (Å²) in [7, 11) is 1.81. The first kappa shape index (κ1) is 27.9. The molecular formula is C27H35FN6O3S. The fourth-order valence-corrected chi connectivity index (χ4v) is 5.37. The lowest BCUT2D eigenvalue weighted by atomic mass is 10.1. The zero-order valence-corrected chi connectivity index (χ0v) is 22.9. The number of halogens is 1. The lowest BCUT2D eigenvalue weighted by Crippen LogP contribution is -2.35. The Balaban J connectivity index is 1.58. The van der Waals surface area contributed by atoms with E-state index in [0.717, 1.165) is 44.6 Å². The summed E-state index contributed by atoms with van der Waals surface area (Å²) in [4.78, 5) is 15.5.